The van der Waals surface area contributed by atoms with E-state index in [0.717, 1.165) is 22.0 Å². The average Bonchev–Trinajstić information content (AvgIpc) is 2.64. The molecule has 2 rings (SSSR count). The third-order valence-electron chi connectivity index (χ3n) is 1.82. The molecule has 0 saturated heterocycles. The van der Waals surface area contributed by atoms with E-state index in [-0.39, 0.29) is 0 Å². The molecule has 0 aromatic carbocycles. The van der Waals surface area contributed by atoms with Gasteiger partial charge in [0.25, 0.3) is 0 Å². The van der Waals surface area contributed by atoms with E-state index < -0.39 is 11.2 Å². The second-order valence-electron chi connectivity index (χ2n) is 2.93. The predicted molar refractivity (Wildman–Crippen MR) is 60.4 cm³/mol. The molecule has 0 bridgehead atoms. The Morgan fingerprint density at radius 3 is 3.20 bits per heavy atom. The van der Waals surface area contributed by atoms with Gasteiger partial charge < -0.3 is 5.11 Å². The second kappa shape index (κ2) is 4.16. The fourth-order valence-corrected chi connectivity index (χ4v) is 2.48. The Morgan fingerprint density at radius 1 is 1.67 bits per heavy atom. The van der Waals surface area contributed by atoms with Crippen LogP contribution in [0.4, 0.5) is 0 Å². The molecule has 0 aliphatic carbocycles. The topological polar surface area (TPSA) is 63.1 Å². The molecule has 15 heavy (non-hydrogen) atoms. The number of aliphatic carboxylic acids is 1. The van der Waals surface area contributed by atoms with Gasteiger partial charge in [-0.05, 0) is 18.4 Å². The summed E-state index contributed by atoms with van der Waals surface area (Å²) in [6.07, 6.45) is 1.72. The Bertz CT molecular complexity index is 498. The van der Waals surface area contributed by atoms with E-state index >= 15 is 0 Å². The molecule has 2 aromatic rings. The summed E-state index contributed by atoms with van der Waals surface area (Å²) in [5.74, 6) is -0.852. The maximum Gasteiger partial charge on any atom is 0.316 e. The molecule has 0 aliphatic rings. The summed E-state index contributed by atoms with van der Waals surface area (Å²) in [4.78, 5) is 19.9. The van der Waals surface area contributed by atoms with Gasteiger partial charge in [0, 0.05) is 11.6 Å². The molecule has 0 saturated carbocycles. The highest BCUT2D eigenvalue weighted by molar-refractivity contribution is 8.00. The highest BCUT2D eigenvalue weighted by Crippen LogP contribution is 2.23. The summed E-state index contributed by atoms with van der Waals surface area (Å²) in [6, 6.07) is 1.94. The molecule has 1 unspecified atom stereocenters. The van der Waals surface area contributed by atoms with Crippen molar-refractivity contribution in [2.75, 3.05) is 0 Å². The molecule has 0 radical (unpaired) electrons. The molecule has 0 spiro atoms. The number of carboxylic acid groups (broad SMARTS) is 1. The van der Waals surface area contributed by atoms with Crippen LogP contribution in [0.1, 0.15) is 6.92 Å². The monoisotopic (exact) mass is 240 g/mol. The minimum Gasteiger partial charge on any atom is -0.480 e. The van der Waals surface area contributed by atoms with Gasteiger partial charge in [0.1, 0.15) is 10.1 Å². The lowest BCUT2D eigenvalue weighted by Crippen LogP contribution is -2.11. The summed E-state index contributed by atoms with van der Waals surface area (Å²) in [5, 5.41) is 11.7. The number of hydrogen-bond acceptors (Lipinski definition) is 5. The van der Waals surface area contributed by atoms with Gasteiger partial charge in [-0.25, -0.2) is 9.97 Å². The summed E-state index contributed by atoms with van der Waals surface area (Å²) < 4.78 is 0. The molecule has 2 aromatic heterocycles. The number of nitrogens with zero attached hydrogens (tertiary/aromatic N) is 2. The molecule has 0 aliphatic heterocycles. The number of carboxylic acids is 1. The van der Waals surface area contributed by atoms with Gasteiger partial charge >= 0.3 is 5.97 Å². The van der Waals surface area contributed by atoms with E-state index in [1.165, 1.54) is 11.3 Å². The van der Waals surface area contributed by atoms with Crippen molar-refractivity contribution < 1.29 is 9.90 Å². The first-order valence-electron chi connectivity index (χ1n) is 4.26. The molecule has 0 fully saturated rings. The maximum atomic E-state index is 10.6. The van der Waals surface area contributed by atoms with Crippen molar-refractivity contribution in [3.63, 3.8) is 0 Å². The zero-order valence-electron chi connectivity index (χ0n) is 7.88. The molecular weight excluding hydrogens is 232 g/mol. The number of rotatable bonds is 3. The van der Waals surface area contributed by atoms with Crippen molar-refractivity contribution in [1.82, 2.24) is 9.97 Å². The Balaban J connectivity index is 2.24. The van der Waals surface area contributed by atoms with Crippen LogP contribution in [-0.4, -0.2) is 26.3 Å². The van der Waals surface area contributed by atoms with Crippen LogP contribution in [0.25, 0.3) is 10.2 Å². The average molecular weight is 240 g/mol. The molecule has 2 heterocycles. The minimum atomic E-state index is -0.852. The molecule has 1 N–H and O–H groups in total. The zero-order valence-corrected chi connectivity index (χ0v) is 9.51. The largest absolute Gasteiger partial charge is 0.480 e. The van der Waals surface area contributed by atoms with Crippen molar-refractivity contribution in [1.29, 1.82) is 0 Å². The van der Waals surface area contributed by atoms with Crippen LogP contribution < -0.4 is 0 Å². The quantitative estimate of drug-likeness (QED) is 0.658. The zero-order chi connectivity index (χ0) is 10.8. The number of hydrogen-bond donors (Lipinski definition) is 1. The molecule has 6 heteroatoms. The van der Waals surface area contributed by atoms with E-state index in [1.54, 1.807) is 13.1 Å². The summed E-state index contributed by atoms with van der Waals surface area (Å²) in [5.41, 5.74) is 0. The number of carbonyl (C=O) groups is 1. The van der Waals surface area contributed by atoms with Crippen LogP contribution in [0.15, 0.2) is 22.8 Å². The van der Waals surface area contributed by atoms with E-state index in [2.05, 4.69) is 9.97 Å². The van der Waals surface area contributed by atoms with Gasteiger partial charge in [0.15, 0.2) is 5.16 Å². The molecular formula is C9H8N2O2S2. The Morgan fingerprint density at radius 2 is 2.47 bits per heavy atom. The molecule has 4 nitrogen and oxygen atoms in total. The molecule has 78 valence electrons. The highest BCUT2D eigenvalue weighted by atomic mass is 32.2. The van der Waals surface area contributed by atoms with E-state index in [1.807, 2.05) is 11.4 Å². The number of thiophene rings is 1. The fourth-order valence-electron chi connectivity index (χ4n) is 1.01. The fraction of sp³-hybridized carbons (Fsp3) is 0.222. The lowest BCUT2D eigenvalue weighted by Gasteiger charge is -2.03. The van der Waals surface area contributed by atoms with Crippen LogP contribution in [0.3, 0.4) is 0 Å². The Labute approximate surface area is 94.4 Å². The van der Waals surface area contributed by atoms with Gasteiger partial charge in [-0.1, -0.05) is 11.8 Å². The summed E-state index contributed by atoms with van der Waals surface area (Å²) >= 11 is 2.68. The Hall–Kier alpha value is -1.14. The van der Waals surface area contributed by atoms with Crippen molar-refractivity contribution >= 4 is 39.3 Å². The van der Waals surface area contributed by atoms with Crippen molar-refractivity contribution in [2.24, 2.45) is 0 Å². The normalized spacial score (nSPS) is 12.9. The van der Waals surface area contributed by atoms with Crippen molar-refractivity contribution in [2.45, 2.75) is 17.3 Å². The van der Waals surface area contributed by atoms with Crippen molar-refractivity contribution in [3.8, 4) is 0 Å². The predicted octanol–water partition coefficient (Wildman–Crippen LogP) is 2.26. The second-order valence-corrected chi connectivity index (χ2v) is 5.13. The van der Waals surface area contributed by atoms with Gasteiger partial charge in [-0.15, -0.1) is 11.3 Å². The number of thioether (sulfide) groups is 1. The lowest BCUT2D eigenvalue weighted by molar-refractivity contribution is -0.136. The van der Waals surface area contributed by atoms with Crippen LogP contribution in [-0.2, 0) is 4.79 Å². The van der Waals surface area contributed by atoms with Crippen LogP contribution >= 0.6 is 23.1 Å². The van der Waals surface area contributed by atoms with Crippen LogP contribution in [0.5, 0.6) is 0 Å². The summed E-state index contributed by atoms with van der Waals surface area (Å²) in [6.45, 7) is 1.62. The standard InChI is InChI=1S/C9H8N2O2S2/c1-5(8(12)13)15-9-10-4-6-2-3-14-7(6)11-9/h2-5H,1H3,(H,12,13). The van der Waals surface area contributed by atoms with E-state index in [0.29, 0.717) is 5.16 Å². The maximum absolute atomic E-state index is 10.6. The van der Waals surface area contributed by atoms with Crippen molar-refractivity contribution in [3.05, 3.63) is 17.6 Å². The first kappa shape index (κ1) is 10.4. The number of aromatic nitrogens is 2. The SMILES string of the molecule is CC(Sc1ncc2ccsc2n1)C(=O)O. The van der Waals surface area contributed by atoms with Crippen LogP contribution in [0.2, 0.25) is 0 Å². The molecule has 0 amide bonds. The van der Waals surface area contributed by atoms with E-state index in [4.69, 9.17) is 5.11 Å². The number of fused-ring (bicyclic) bond motifs is 1. The van der Waals surface area contributed by atoms with Gasteiger partial charge in [0.05, 0.1) is 0 Å². The third kappa shape index (κ3) is 2.27. The van der Waals surface area contributed by atoms with Gasteiger partial charge in [-0.3, -0.25) is 4.79 Å². The van der Waals surface area contributed by atoms with E-state index in [9.17, 15) is 4.79 Å². The minimum absolute atomic E-state index is 0.514. The van der Waals surface area contributed by atoms with Gasteiger partial charge in [0.2, 0.25) is 0 Å². The summed E-state index contributed by atoms with van der Waals surface area (Å²) in [7, 11) is 0. The first-order valence-corrected chi connectivity index (χ1v) is 6.02. The third-order valence-corrected chi connectivity index (χ3v) is 3.60. The van der Waals surface area contributed by atoms with Crippen LogP contribution in [0, 0.1) is 0 Å². The molecule has 1 atom stereocenters. The highest BCUT2D eigenvalue weighted by Gasteiger charge is 2.14. The van der Waals surface area contributed by atoms with Gasteiger partial charge in [-0.2, -0.15) is 0 Å². The first-order chi connectivity index (χ1) is 7.16. The Kier molecular flexibility index (Phi) is 2.88. The smallest absolute Gasteiger partial charge is 0.316 e. The lowest BCUT2D eigenvalue weighted by atomic mass is 10.4.